The van der Waals surface area contributed by atoms with Crippen molar-refractivity contribution in [3.05, 3.63) is 35.4 Å². The van der Waals surface area contributed by atoms with Crippen LogP contribution in [0.3, 0.4) is 0 Å². The number of carbonyl (C=O) groups excluding carboxylic acids is 2. The Balaban J connectivity index is 2.20. The fourth-order valence-corrected chi connectivity index (χ4v) is 3.29. The molecule has 0 saturated carbocycles. The lowest BCUT2D eigenvalue weighted by atomic mass is 9.95. The third kappa shape index (κ3) is 6.55. The molecule has 2 atom stereocenters. The number of rotatable bonds is 10. The molecular formula is C21H30N4O5. The van der Waals surface area contributed by atoms with Crippen LogP contribution in [-0.2, 0) is 25.5 Å². The smallest absolute Gasteiger partial charge is 0.326 e. The largest absolute Gasteiger partial charge is 0.480 e. The summed E-state index contributed by atoms with van der Waals surface area (Å²) in [6, 6.07) is 5.72. The number of benzene rings is 1. The lowest BCUT2D eigenvalue weighted by molar-refractivity contribution is -0.148. The van der Waals surface area contributed by atoms with E-state index in [0.717, 1.165) is 12.0 Å². The van der Waals surface area contributed by atoms with Gasteiger partial charge in [-0.25, -0.2) is 4.79 Å². The summed E-state index contributed by atoms with van der Waals surface area (Å²) in [5, 5.41) is 19.5. The molecule has 0 aliphatic carbocycles. The van der Waals surface area contributed by atoms with E-state index >= 15 is 0 Å². The Morgan fingerprint density at radius 3 is 2.40 bits per heavy atom. The van der Waals surface area contributed by atoms with Gasteiger partial charge in [-0.3, -0.25) is 15.0 Å². The predicted molar refractivity (Wildman–Crippen MR) is 111 cm³/mol. The fraction of sp³-hybridized carbons (Fsp3) is 0.524. The Labute approximate surface area is 176 Å². The Morgan fingerprint density at radius 2 is 1.87 bits per heavy atom. The number of nitrogens with one attached hydrogen (secondary N) is 2. The first-order valence-corrected chi connectivity index (χ1v) is 10.2. The van der Waals surface area contributed by atoms with E-state index in [1.165, 1.54) is 0 Å². The first-order valence-electron chi connectivity index (χ1n) is 10.2. The highest BCUT2D eigenvalue weighted by Crippen LogP contribution is 2.16. The van der Waals surface area contributed by atoms with E-state index in [-0.39, 0.29) is 18.2 Å². The molecule has 1 saturated heterocycles. The van der Waals surface area contributed by atoms with Crippen molar-refractivity contribution >= 4 is 23.6 Å². The second kappa shape index (κ2) is 11.3. The van der Waals surface area contributed by atoms with E-state index in [2.05, 4.69) is 5.32 Å². The van der Waals surface area contributed by atoms with Gasteiger partial charge in [0.2, 0.25) is 11.8 Å². The molecule has 1 aromatic rings. The molecule has 30 heavy (non-hydrogen) atoms. The number of unbranched alkanes of at least 4 members (excludes halogenated alkanes) is 1. The highest BCUT2D eigenvalue weighted by atomic mass is 16.5. The maximum absolute atomic E-state index is 13.1. The molecule has 1 aliphatic rings. The Kier molecular flexibility index (Phi) is 8.79. The number of amides is 2. The number of amidine groups is 1. The molecule has 1 heterocycles. The van der Waals surface area contributed by atoms with Crippen LogP contribution in [0.25, 0.3) is 0 Å². The minimum absolute atomic E-state index is 0.0690. The number of ether oxygens (including phenoxy) is 1. The van der Waals surface area contributed by atoms with Gasteiger partial charge >= 0.3 is 5.97 Å². The van der Waals surface area contributed by atoms with Crippen molar-refractivity contribution in [1.29, 1.82) is 5.41 Å². The number of nitrogens with zero attached hydrogens (tertiary/aromatic N) is 1. The first kappa shape index (κ1) is 23.3. The van der Waals surface area contributed by atoms with Crippen LogP contribution in [0.15, 0.2) is 24.3 Å². The average Bonchev–Trinajstić information content (AvgIpc) is 2.75. The molecule has 164 valence electrons. The lowest BCUT2D eigenvalue weighted by Gasteiger charge is -2.30. The number of nitrogen functional groups attached to an aromatic ring is 1. The number of nitrogens with two attached hydrogens (primary N) is 1. The summed E-state index contributed by atoms with van der Waals surface area (Å²) in [7, 11) is 0. The number of hydrogen-bond donors (Lipinski definition) is 4. The normalized spacial score (nSPS) is 15.8. The van der Waals surface area contributed by atoms with E-state index in [4.69, 9.17) is 15.9 Å². The highest BCUT2D eigenvalue weighted by molar-refractivity contribution is 6.01. The van der Waals surface area contributed by atoms with E-state index in [1.54, 1.807) is 29.2 Å². The zero-order chi connectivity index (χ0) is 22.1. The van der Waals surface area contributed by atoms with Crippen molar-refractivity contribution in [3.63, 3.8) is 0 Å². The number of carboxylic acids is 1. The zero-order valence-corrected chi connectivity index (χ0v) is 17.2. The Morgan fingerprint density at radius 1 is 1.23 bits per heavy atom. The molecule has 1 aromatic carbocycles. The van der Waals surface area contributed by atoms with E-state index in [9.17, 15) is 19.5 Å². The topological polar surface area (TPSA) is 146 Å². The average molecular weight is 418 g/mol. The summed E-state index contributed by atoms with van der Waals surface area (Å²) in [5.74, 6) is -3.16. The minimum atomic E-state index is -1.11. The number of aliphatic carboxylic acids is 1. The maximum atomic E-state index is 13.1. The molecule has 0 spiro atoms. The second-order valence-corrected chi connectivity index (χ2v) is 7.35. The molecule has 2 amide bonds. The van der Waals surface area contributed by atoms with Crippen LogP contribution in [0.5, 0.6) is 0 Å². The third-order valence-electron chi connectivity index (χ3n) is 5.10. The fourth-order valence-electron chi connectivity index (χ4n) is 3.29. The third-order valence-corrected chi connectivity index (χ3v) is 5.10. The molecular weight excluding hydrogens is 388 g/mol. The number of morpholine rings is 1. The van der Waals surface area contributed by atoms with Crippen LogP contribution in [0.4, 0.5) is 0 Å². The van der Waals surface area contributed by atoms with Crippen LogP contribution >= 0.6 is 0 Å². The summed E-state index contributed by atoms with van der Waals surface area (Å²) in [6.45, 7) is 3.54. The van der Waals surface area contributed by atoms with Gasteiger partial charge in [0.05, 0.1) is 13.2 Å². The van der Waals surface area contributed by atoms with Crippen LogP contribution in [0.1, 0.15) is 37.3 Å². The quantitative estimate of drug-likeness (QED) is 0.251. The number of carboxylic acid groups (broad SMARTS) is 1. The molecule has 1 unspecified atom stereocenters. The van der Waals surface area contributed by atoms with Crippen molar-refractivity contribution in [2.24, 2.45) is 11.7 Å². The lowest BCUT2D eigenvalue weighted by Crippen LogP contribution is -2.51. The van der Waals surface area contributed by atoms with Gasteiger partial charge in [0.15, 0.2) is 0 Å². The van der Waals surface area contributed by atoms with E-state index in [0.29, 0.717) is 44.7 Å². The monoisotopic (exact) mass is 418 g/mol. The zero-order valence-electron chi connectivity index (χ0n) is 17.2. The van der Waals surface area contributed by atoms with Crippen molar-refractivity contribution in [3.8, 4) is 0 Å². The van der Waals surface area contributed by atoms with Crippen molar-refractivity contribution in [2.75, 3.05) is 26.3 Å². The van der Waals surface area contributed by atoms with Crippen LogP contribution < -0.4 is 11.1 Å². The molecule has 9 heteroatoms. The van der Waals surface area contributed by atoms with Crippen molar-refractivity contribution < 1.29 is 24.2 Å². The summed E-state index contributed by atoms with van der Waals surface area (Å²) in [5.41, 5.74) is 6.74. The standard InChI is InChI=1S/C21H30N4O5/c1-2-3-4-17(21(28)29)24-19(26)16(20(27)25-9-11-30-12-10-25)13-14-5-7-15(8-6-14)18(22)23/h5-8,16-17H,2-4,9-13H2,1H3,(H3,22,23)(H,24,26)(H,28,29)/t16?,17-/m0/s1. The molecule has 0 bridgehead atoms. The van der Waals surface area contributed by atoms with Gasteiger partial charge in [-0.05, 0) is 18.4 Å². The Hall–Kier alpha value is -2.94. The maximum Gasteiger partial charge on any atom is 0.326 e. The van der Waals surface area contributed by atoms with Crippen molar-refractivity contribution in [2.45, 2.75) is 38.6 Å². The second-order valence-electron chi connectivity index (χ2n) is 7.35. The summed E-state index contributed by atoms with van der Waals surface area (Å²) in [6.07, 6.45) is 1.90. The van der Waals surface area contributed by atoms with Gasteiger partial charge in [0.25, 0.3) is 0 Å². The molecule has 1 aliphatic heterocycles. The van der Waals surface area contributed by atoms with Crippen LogP contribution in [-0.4, -0.2) is 66.0 Å². The van der Waals surface area contributed by atoms with Gasteiger partial charge in [-0.15, -0.1) is 0 Å². The van der Waals surface area contributed by atoms with Gasteiger partial charge in [-0.1, -0.05) is 44.0 Å². The summed E-state index contributed by atoms with van der Waals surface area (Å²) in [4.78, 5) is 39.2. The molecule has 0 aromatic heterocycles. The first-order chi connectivity index (χ1) is 14.3. The van der Waals surface area contributed by atoms with Gasteiger partial charge in [0.1, 0.15) is 17.8 Å². The van der Waals surface area contributed by atoms with Crippen LogP contribution in [0.2, 0.25) is 0 Å². The van der Waals surface area contributed by atoms with Crippen molar-refractivity contribution in [1.82, 2.24) is 10.2 Å². The molecule has 1 fully saturated rings. The predicted octanol–water partition coefficient (Wildman–Crippen LogP) is 0.748. The van der Waals surface area contributed by atoms with Crippen LogP contribution in [0, 0.1) is 11.3 Å². The Bertz CT molecular complexity index is 759. The molecule has 5 N–H and O–H groups in total. The highest BCUT2D eigenvalue weighted by Gasteiger charge is 2.34. The SMILES string of the molecule is CCCC[C@H](NC(=O)C(Cc1ccc(C(=N)N)cc1)C(=O)N1CCOCC1)C(=O)O. The summed E-state index contributed by atoms with van der Waals surface area (Å²) < 4.78 is 5.28. The molecule has 9 nitrogen and oxygen atoms in total. The number of carbonyl (C=O) groups is 3. The summed E-state index contributed by atoms with van der Waals surface area (Å²) >= 11 is 0. The van der Waals surface area contributed by atoms with Gasteiger partial charge < -0.3 is 25.8 Å². The minimum Gasteiger partial charge on any atom is -0.480 e. The van der Waals surface area contributed by atoms with E-state index < -0.39 is 23.8 Å². The molecule has 2 rings (SSSR count). The molecule has 0 radical (unpaired) electrons. The van der Waals surface area contributed by atoms with E-state index in [1.807, 2.05) is 6.92 Å². The number of hydrogen-bond acceptors (Lipinski definition) is 5. The van der Waals surface area contributed by atoms with Gasteiger partial charge in [0, 0.05) is 18.7 Å². The van der Waals surface area contributed by atoms with Gasteiger partial charge in [-0.2, -0.15) is 0 Å².